The number of fused-ring (bicyclic) bond motifs is 1. The van der Waals surface area contributed by atoms with Crippen molar-refractivity contribution in [3.8, 4) is 5.75 Å². The molecule has 7 nitrogen and oxygen atoms in total. The second-order valence-electron chi connectivity index (χ2n) is 10.0. The fourth-order valence-corrected chi connectivity index (χ4v) is 5.69. The zero-order valence-corrected chi connectivity index (χ0v) is 22.3. The van der Waals surface area contributed by atoms with Crippen molar-refractivity contribution in [1.82, 2.24) is 14.8 Å². The maximum atomic E-state index is 13.7. The number of furan rings is 1. The van der Waals surface area contributed by atoms with Gasteiger partial charge in [-0.2, -0.15) is 0 Å². The highest BCUT2D eigenvalue weighted by molar-refractivity contribution is 7.09. The van der Waals surface area contributed by atoms with E-state index in [-0.39, 0.29) is 36.2 Å². The third-order valence-electron chi connectivity index (χ3n) is 7.19. The van der Waals surface area contributed by atoms with Gasteiger partial charge in [-0.15, -0.1) is 11.3 Å². The van der Waals surface area contributed by atoms with Gasteiger partial charge < -0.3 is 19.0 Å². The van der Waals surface area contributed by atoms with Gasteiger partial charge in [0.25, 0.3) is 5.91 Å². The molecule has 1 fully saturated rings. The molecule has 1 aliphatic heterocycles. The molecule has 0 radical (unpaired) electrons. The minimum atomic E-state index is -0.305. The third kappa shape index (κ3) is 5.45. The minimum Gasteiger partial charge on any atom is -0.486 e. The first-order valence-electron chi connectivity index (χ1n) is 13.0. The molecule has 1 atom stereocenters. The van der Waals surface area contributed by atoms with Crippen LogP contribution in [-0.4, -0.2) is 40.2 Å². The van der Waals surface area contributed by atoms with Crippen molar-refractivity contribution in [2.45, 2.75) is 38.5 Å². The van der Waals surface area contributed by atoms with Crippen molar-refractivity contribution in [1.29, 1.82) is 0 Å². The summed E-state index contributed by atoms with van der Waals surface area (Å²) >= 11 is 1.37. The second-order valence-corrected chi connectivity index (χ2v) is 11.0. The number of benzene rings is 2. The molecule has 0 N–H and O–H groups in total. The Morgan fingerprint density at radius 2 is 2.00 bits per heavy atom. The molecule has 0 saturated heterocycles. The van der Waals surface area contributed by atoms with Gasteiger partial charge in [-0.3, -0.25) is 9.59 Å². The predicted octanol–water partition coefficient (Wildman–Crippen LogP) is 5.61. The van der Waals surface area contributed by atoms with E-state index in [1.165, 1.54) is 23.5 Å². The Morgan fingerprint density at radius 3 is 2.74 bits per heavy atom. The van der Waals surface area contributed by atoms with E-state index in [1.807, 2.05) is 29.2 Å². The number of thiazole rings is 1. The summed E-state index contributed by atoms with van der Waals surface area (Å²) in [5, 5.41) is 2.42. The number of hydrogen-bond donors (Lipinski definition) is 0. The summed E-state index contributed by atoms with van der Waals surface area (Å²) in [5.74, 6) is 1.12. The highest BCUT2D eigenvalue weighted by Gasteiger charge is 2.39. The maximum Gasteiger partial charge on any atom is 0.273 e. The van der Waals surface area contributed by atoms with Gasteiger partial charge >= 0.3 is 0 Å². The Hall–Kier alpha value is -3.98. The number of aromatic nitrogens is 1. The van der Waals surface area contributed by atoms with Gasteiger partial charge in [-0.05, 0) is 72.4 Å². The number of halogens is 1. The zero-order chi connectivity index (χ0) is 26.9. The predicted molar refractivity (Wildman–Crippen MR) is 144 cm³/mol. The first-order chi connectivity index (χ1) is 19.0. The Balaban J connectivity index is 1.19. The highest BCUT2D eigenvalue weighted by Crippen LogP contribution is 2.41. The van der Waals surface area contributed by atoms with Gasteiger partial charge in [0, 0.05) is 24.9 Å². The van der Waals surface area contributed by atoms with Crippen LogP contribution in [0, 0.1) is 11.7 Å². The largest absolute Gasteiger partial charge is 0.486 e. The van der Waals surface area contributed by atoms with E-state index in [0.717, 1.165) is 36.0 Å². The molecule has 9 heteroatoms. The van der Waals surface area contributed by atoms with Crippen molar-refractivity contribution in [3.05, 3.63) is 105 Å². The molecule has 1 saturated carbocycles. The molecule has 39 heavy (non-hydrogen) atoms. The average molecular weight is 546 g/mol. The topological polar surface area (TPSA) is 75.9 Å². The van der Waals surface area contributed by atoms with Crippen molar-refractivity contribution in [2.75, 3.05) is 13.6 Å². The quantitative estimate of drug-likeness (QED) is 0.288. The first-order valence-corrected chi connectivity index (χ1v) is 13.9. The van der Waals surface area contributed by atoms with Crippen LogP contribution in [-0.2, 0) is 24.4 Å². The van der Waals surface area contributed by atoms with E-state index in [9.17, 15) is 14.0 Å². The van der Waals surface area contributed by atoms with Crippen LogP contribution in [0.15, 0.2) is 70.7 Å². The second kappa shape index (κ2) is 10.6. The lowest BCUT2D eigenvalue weighted by atomic mass is 9.87. The van der Waals surface area contributed by atoms with E-state index in [4.69, 9.17) is 9.15 Å². The summed E-state index contributed by atoms with van der Waals surface area (Å²) < 4.78 is 25.1. The number of nitrogens with zero attached hydrogens (tertiary/aromatic N) is 3. The van der Waals surface area contributed by atoms with E-state index in [2.05, 4.69) is 4.98 Å². The van der Waals surface area contributed by atoms with E-state index in [0.29, 0.717) is 35.3 Å². The van der Waals surface area contributed by atoms with Gasteiger partial charge in [-0.25, -0.2) is 9.37 Å². The van der Waals surface area contributed by atoms with Crippen molar-refractivity contribution < 1.29 is 23.1 Å². The lowest BCUT2D eigenvalue weighted by molar-refractivity contribution is -0.134. The van der Waals surface area contributed by atoms with E-state index < -0.39 is 0 Å². The van der Waals surface area contributed by atoms with Gasteiger partial charge in [0.15, 0.2) is 0 Å². The summed E-state index contributed by atoms with van der Waals surface area (Å²) in [6.45, 7) is 1.21. The van der Waals surface area contributed by atoms with Gasteiger partial charge in [0.1, 0.15) is 34.6 Å². The summed E-state index contributed by atoms with van der Waals surface area (Å²) in [5.41, 5.74) is 3.39. The Bertz CT molecular complexity index is 1480. The standard InChI is InChI=1S/C30H28FN3O4S/c1-33(16-24-3-2-14-37-24)30(36)26-18-39-27(32-26)17-38-23-11-8-19-12-13-34(29(35)21-4-5-21)28(25(19)15-23)20-6-9-22(31)10-7-20/h2-3,6-11,14-15,18,21,28H,4-5,12-13,16-17H2,1H3/t28-/m0/s1. The van der Waals surface area contributed by atoms with Crippen LogP contribution in [0.25, 0.3) is 0 Å². The monoisotopic (exact) mass is 545 g/mol. The molecule has 2 aromatic heterocycles. The lowest BCUT2D eigenvalue weighted by Gasteiger charge is -2.38. The minimum absolute atomic E-state index is 0.0915. The normalized spacial score (nSPS) is 16.6. The summed E-state index contributed by atoms with van der Waals surface area (Å²) in [4.78, 5) is 33.9. The molecule has 4 aromatic rings. The molecule has 0 unspecified atom stereocenters. The number of carbonyl (C=O) groups excluding carboxylic acids is 2. The number of amides is 2. The zero-order valence-electron chi connectivity index (χ0n) is 21.5. The molecule has 2 amide bonds. The molecule has 0 bridgehead atoms. The smallest absolute Gasteiger partial charge is 0.273 e. The fourth-order valence-electron chi connectivity index (χ4n) is 5.01. The van der Waals surface area contributed by atoms with Crippen LogP contribution in [0.5, 0.6) is 5.75 Å². The van der Waals surface area contributed by atoms with Crippen molar-refractivity contribution in [2.24, 2.45) is 5.92 Å². The highest BCUT2D eigenvalue weighted by atomic mass is 32.1. The van der Waals surface area contributed by atoms with E-state index in [1.54, 1.807) is 41.8 Å². The molecule has 200 valence electrons. The molecule has 3 heterocycles. The van der Waals surface area contributed by atoms with Crippen LogP contribution >= 0.6 is 11.3 Å². The molecule has 1 aliphatic carbocycles. The van der Waals surface area contributed by atoms with Crippen LogP contribution in [0.4, 0.5) is 4.39 Å². The maximum absolute atomic E-state index is 13.7. The molecular formula is C30H28FN3O4S. The SMILES string of the molecule is CN(Cc1ccco1)C(=O)c1csc(COc2ccc3c(c2)[C@H](c2ccc(F)cc2)N(C(=O)C2CC2)CC3)n1. The number of carbonyl (C=O) groups is 2. The number of ether oxygens (including phenoxy) is 1. The average Bonchev–Trinajstić information content (AvgIpc) is 3.47. The first kappa shape index (κ1) is 25.3. The summed E-state index contributed by atoms with van der Waals surface area (Å²) in [6.07, 6.45) is 4.20. The van der Waals surface area contributed by atoms with Crippen LogP contribution in [0.1, 0.15) is 56.8 Å². The fraction of sp³-hybridized carbons (Fsp3) is 0.300. The molecule has 2 aliphatic rings. The van der Waals surface area contributed by atoms with Crippen LogP contribution in [0.2, 0.25) is 0 Å². The molecule has 2 aromatic carbocycles. The van der Waals surface area contributed by atoms with Crippen molar-refractivity contribution >= 4 is 23.2 Å². The Kier molecular flexibility index (Phi) is 6.91. The number of rotatable bonds is 8. The molecular weight excluding hydrogens is 517 g/mol. The third-order valence-corrected chi connectivity index (χ3v) is 8.02. The lowest BCUT2D eigenvalue weighted by Crippen LogP contribution is -2.41. The van der Waals surface area contributed by atoms with Crippen LogP contribution < -0.4 is 4.74 Å². The van der Waals surface area contributed by atoms with Crippen molar-refractivity contribution in [3.63, 3.8) is 0 Å². The Morgan fingerprint density at radius 1 is 1.18 bits per heavy atom. The van der Waals surface area contributed by atoms with Crippen LogP contribution in [0.3, 0.4) is 0 Å². The summed E-state index contributed by atoms with van der Waals surface area (Å²) in [6, 6.07) is 15.7. The molecule has 0 spiro atoms. The number of hydrogen-bond acceptors (Lipinski definition) is 6. The Labute approximate surface area is 229 Å². The van der Waals surface area contributed by atoms with Gasteiger partial charge in [-0.1, -0.05) is 18.2 Å². The summed E-state index contributed by atoms with van der Waals surface area (Å²) in [7, 11) is 1.71. The van der Waals surface area contributed by atoms with Gasteiger partial charge in [0.05, 0.1) is 18.8 Å². The molecule has 6 rings (SSSR count). The van der Waals surface area contributed by atoms with Gasteiger partial charge in [0.2, 0.25) is 5.91 Å². The van der Waals surface area contributed by atoms with E-state index >= 15 is 0 Å².